The molecule has 158 valence electrons. The quantitative estimate of drug-likeness (QED) is 0.471. The Balaban J connectivity index is 1.81. The van der Waals surface area contributed by atoms with E-state index in [1.54, 1.807) is 7.11 Å². The minimum absolute atomic E-state index is 0.365. The van der Waals surface area contributed by atoms with Crippen LogP contribution in [0.5, 0.6) is 5.75 Å². The molecule has 1 aliphatic heterocycles. The molecule has 1 aromatic heterocycles. The average molecular weight is 400 g/mol. The molecule has 3 rings (SSSR count). The molecule has 6 nitrogen and oxygen atoms in total. The van der Waals surface area contributed by atoms with E-state index in [0.717, 1.165) is 41.9 Å². The van der Waals surface area contributed by atoms with E-state index in [1.807, 2.05) is 25.1 Å². The van der Waals surface area contributed by atoms with Crippen LogP contribution < -0.4 is 15.8 Å². The van der Waals surface area contributed by atoms with Gasteiger partial charge >= 0.3 is 0 Å². The van der Waals surface area contributed by atoms with Crippen molar-refractivity contribution in [2.75, 3.05) is 20.3 Å². The predicted molar refractivity (Wildman–Crippen MR) is 114 cm³/mol. The summed E-state index contributed by atoms with van der Waals surface area (Å²) in [4.78, 5) is 4.85. The van der Waals surface area contributed by atoms with Crippen LogP contribution in [-0.4, -0.2) is 31.3 Å². The molecule has 6 heteroatoms. The molecule has 0 spiro atoms. The molecular weight excluding hydrogens is 366 g/mol. The normalized spacial score (nSPS) is 18.3. The number of nitrogens with zero attached hydrogens (tertiary/aromatic N) is 1. The first-order valence-electron chi connectivity index (χ1n) is 10.4. The smallest absolute Gasteiger partial charge is 0.257 e. The van der Waals surface area contributed by atoms with Gasteiger partial charge in [0.15, 0.2) is 5.75 Å². The molecule has 0 amide bonds. The van der Waals surface area contributed by atoms with E-state index in [4.69, 9.17) is 24.9 Å². The fraction of sp³-hybridized carbons (Fsp3) is 0.522. The molecule has 1 aromatic carbocycles. The summed E-state index contributed by atoms with van der Waals surface area (Å²) in [5.74, 6) is -0.612. The Kier molecular flexibility index (Phi) is 7.24. The number of nitrogens with one attached hydrogen (secondary N) is 1. The molecule has 1 atom stereocenters. The fourth-order valence-corrected chi connectivity index (χ4v) is 3.62. The van der Waals surface area contributed by atoms with Gasteiger partial charge in [0, 0.05) is 25.1 Å². The van der Waals surface area contributed by atoms with Crippen LogP contribution in [0.15, 0.2) is 30.3 Å². The minimum atomic E-state index is -1.30. The van der Waals surface area contributed by atoms with Gasteiger partial charge in [0.25, 0.3) is 5.91 Å². The second-order valence-corrected chi connectivity index (χ2v) is 7.81. The number of hydrogen-bond acceptors (Lipinski definition) is 6. The molecule has 3 N–H and O–H groups in total. The number of nitrogens with two attached hydrogens (primary N) is 1. The summed E-state index contributed by atoms with van der Waals surface area (Å²) in [5, 5.41) is 3.42. The maximum atomic E-state index is 6.42. The Hall–Kier alpha value is -1.99. The van der Waals surface area contributed by atoms with Crippen molar-refractivity contribution in [2.24, 2.45) is 5.73 Å². The van der Waals surface area contributed by atoms with E-state index in [2.05, 4.69) is 31.3 Å². The first-order chi connectivity index (χ1) is 13.9. The number of aromatic nitrogens is 1. The van der Waals surface area contributed by atoms with Gasteiger partial charge in [-0.2, -0.15) is 0 Å². The highest BCUT2D eigenvalue weighted by Gasteiger charge is 2.42. The van der Waals surface area contributed by atoms with Crippen LogP contribution in [-0.2, 0) is 28.4 Å². The van der Waals surface area contributed by atoms with Gasteiger partial charge in [0.2, 0.25) is 0 Å². The first kappa shape index (κ1) is 21.7. The van der Waals surface area contributed by atoms with Crippen molar-refractivity contribution in [2.45, 2.75) is 58.6 Å². The van der Waals surface area contributed by atoms with Crippen LogP contribution >= 0.6 is 0 Å². The molecule has 2 aromatic rings. The van der Waals surface area contributed by atoms with E-state index in [9.17, 15) is 0 Å². The third-order valence-electron chi connectivity index (χ3n) is 5.18. The van der Waals surface area contributed by atoms with E-state index in [0.29, 0.717) is 31.4 Å². The maximum absolute atomic E-state index is 6.42. The van der Waals surface area contributed by atoms with Crippen molar-refractivity contribution in [1.82, 2.24) is 10.3 Å². The molecule has 1 aliphatic rings. The standard InChI is InChI=1S/C23H33N3O3/c1-16(2)25-12-8-9-13-28-22-17(3)26-20(14-18-10-6-5-7-11-18)19-15-29-23(24,27-4)21(19)22/h5-7,10-11,16,25H,8-9,12-15,24H2,1-4H3. The van der Waals surface area contributed by atoms with E-state index >= 15 is 0 Å². The van der Waals surface area contributed by atoms with E-state index in [-0.39, 0.29) is 0 Å². The highest BCUT2D eigenvalue weighted by atomic mass is 16.7. The lowest BCUT2D eigenvalue weighted by Gasteiger charge is -2.25. The largest absolute Gasteiger partial charge is 0.491 e. The van der Waals surface area contributed by atoms with Crippen molar-refractivity contribution >= 4 is 0 Å². The molecule has 0 saturated heterocycles. The Labute approximate surface area is 173 Å². The average Bonchev–Trinajstić information content (AvgIpc) is 3.05. The molecular formula is C23H33N3O3. The van der Waals surface area contributed by atoms with Gasteiger partial charge in [-0.15, -0.1) is 0 Å². The van der Waals surface area contributed by atoms with Gasteiger partial charge in [-0.1, -0.05) is 44.2 Å². The number of ether oxygens (including phenoxy) is 3. The lowest BCUT2D eigenvalue weighted by Crippen LogP contribution is -2.38. The number of benzene rings is 1. The zero-order valence-electron chi connectivity index (χ0n) is 18.0. The van der Waals surface area contributed by atoms with Crippen LogP contribution in [0, 0.1) is 6.92 Å². The zero-order valence-corrected chi connectivity index (χ0v) is 18.0. The molecule has 0 saturated carbocycles. The van der Waals surface area contributed by atoms with Crippen molar-refractivity contribution in [3.8, 4) is 5.75 Å². The van der Waals surface area contributed by atoms with Crippen LogP contribution in [0.3, 0.4) is 0 Å². The molecule has 2 heterocycles. The number of fused-ring (bicyclic) bond motifs is 1. The second-order valence-electron chi connectivity index (χ2n) is 7.81. The predicted octanol–water partition coefficient (Wildman–Crippen LogP) is 3.38. The maximum Gasteiger partial charge on any atom is 0.257 e. The first-order valence-corrected chi connectivity index (χ1v) is 10.4. The van der Waals surface area contributed by atoms with Gasteiger partial charge in [0.05, 0.1) is 30.2 Å². The summed E-state index contributed by atoms with van der Waals surface area (Å²) in [5.41, 5.74) is 11.1. The highest BCUT2D eigenvalue weighted by Crippen LogP contribution is 2.42. The van der Waals surface area contributed by atoms with E-state index < -0.39 is 5.91 Å². The Morgan fingerprint density at radius 3 is 2.69 bits per heavy atom. The van der Waals surface area contributed by atoms with Crippen LogP contribution in [0.25, 0.3) is 0 Å². The fourth-order valence-electron chi connectivity index (χ4n) is 3.62. The van der Waals surface area contributed by atoms with Crippen molar-refractivity contribution in [1.29, 1.82) is 0 Å². The Bertz CT molecular complexity index is 811. The lowest BCUT2D eigenvalue weighted by atomic mass is 9.99. The van der Waals surface area contributed by atoms with E-state index in [1.165, 1.54) is 5.56 Å². The topological polar surface area (TPSA) is 78.6 Å². The van der Waals surface area contributed by atoms with Gasteiger partial charge in [-0.05, 0) is 31.9 Å². The Morgan fingerprint density at radius 2 is 2.00 bits per heavy atom. The molecule has 1 unspecified atom stereocenters. The van der Waals surface area contributed by atoms with Gasteiger partial charge in [-0.3, -0.25) is 10.7 Å². The Morgan fingerprint density at radius 1 is 1.24 bits per heavy atom. The number of hydrogen-bond donors (Lipinski definition) is 2. The summed E-state index contributed by atoms with van der Waals surface area (Å²) in [6.07, 6.45) is 2.72. The molecule has 0 radical (unpaired) electrons. The monoisotopic (exact) mass is 399 g/mol. The summed E-state index contributed by atoms with van der Waals surface area (Å²) in [6.45, 7) is 8.21. The molecule has 0 bridgehead atoms. The van der Waals surface area contributed by atoms with Crippen LogP contribution in [0.1, 0.15) is 54.8 Å². The SMILES string of the molecule is COC1(N)OCc2c(Cc3ccccc3)nc(C)c(OCCCCNC(C)C)c21. The number of unbranched alkanes of at least 4 members (excludes halogenated alkanes) is 1. The van der Waals surface area contributed by atoms with Gasteiger partial charge < -0.3 is 19.5 Å². The summed E-state index contributed by atoms with van der Waals surface area (Å²) in [7, 11) is 1.56. The second kappa shape index (κ2) is 9.67. The minimum Gasteiger partial charge on any atom is -0.491 e. The van der Waals surface area contributed by atoms with Crippen molar-refractivity contribution < 1.29 is 14.2 Å². The van der Waals surface area contributed by atoms with Gasteiger partial charge in [-0.25, -0.2) is 0 Å². The number of pyridine rings is 1. The number of rotatable bonds is 10. The lowest BCUT2D eigenvalue weighted by molar-refractivity contribution is -0.220. The van der Waals surface area contributed by atoms with Gasteiger partial charge in [0.1, 0.15) is 0 Å². The van der Waals surface area contributed by atoms with Crippen LogP contribution in [0.2, 0.25) is 0 Å². The third-order valence-corrected chi connectivity index (χ3v) is 5.18. The highest BCUT2D eigenvalue weighted by molar-refractivity contribution is 5.50. The summed E-state index contributed by atoms with van der Waals surface area (Å²) >= 11 is 0. The summed E-state index contributed by atoms with van der Waals surface area (Å²) < 4.78 is 17.5. The van der Waals surface area contributed by atoms with Crippen molar-refractivity contribution in [3.63, 3.8) is 0 Å². The number of methoxy groups -OCH3 is 1. The third kappa shape index (κ3) is 5.14. The summed E-state index contributed by atoms with van der Waals surface area (Å²) in [6, 6.07) is 10.8. The number of aryl methyl sites for hydroxylation is 1. The molecule has 29 heavy (non-hydrogen) atoms. The zero-order chi connectivity index (χ0) is 20.9. The van der Waals surface area contributed by atoms with Crippen LogP contribution in [0.4, 0.5) is 0 Å². The van der Waals surface area contributed by atoms with Crippen molar-refractivity contribution in [3.05, 3.63) is 58.4 Å². The molecule has 0 aliphatic carbocycles. The molecule has 0 fully saturated rings.